The molecule has 0 aromatic heterocycles. The first kappa shape index (κ1) is 18.1. The molecule has 0 aliphatic heterocycles. The van der Waals surface area contributed by atoms with Crippen LogP contribution in [-0.2, 0) is 19.6 Å². The Labute approximate surface area is 133 Å². The van der Waals surface area contributed by atoms with Crippen molar-refractivity contribution in [2.45, 2.75) is 24.8 Å². The van der Waals surface area contributed by atoms with Gasteiger partial charge in [0.25, 0.3) is 0 Å². The van der Waals surface area contributed by atoms with Crippen molar-refractivity contribution in [2.75, 3.05) is 20.3 Å². The highest BCUT2D eigenvalue weighted by molar-refractivity contribution is 9.10. The lowest BCUT2D eigenvalue weighted by molar-refractivity contribution is -0.122. The van der Waals surface area contributed by atoms with Crippen LogP contribution in [0.1, 0.15) is 12.5 Å². The molecule has 0 heterocycles. The van der Waals surface area contributed by atoms with Crippen molar-refractivity contribution >= 4 is 31.9 Å². The van der Waals surface area contributed by atoms with Crippen LogP contribution in [0, 0.1) is 6.92 Å². The van der Waals surface area contributed by atoms with Crippen LogP contribution < -0.4 is 10.0 Å². The standard InChI is InChI=1S/C13H19BrN2O4S/c1-9-8-11(4-5-12(9)14)21(18,19)16-10(2)13(17)15-6-7-20-3/h4-5,8,10,16H,6-7H2,1-3H3,(H,15,17). The Hall–Kier alpha value is -0.960. The second-order valence-electron chi connectivity index (χ2n) is 4.54. The number of hydrogen-bond acceptors (Lipinski definition) is 4. The molecule has 0 spiro atoms. The van der Waals surface area contributed by atoms with E-state index in [0.717, 1.165) is 10.0 Å². The minimum Gasteiger partial charge on any atom is -0.383 e. The monoisotopic (exact) mass is 378 g/mol. The molecule has 0 aliphatic rings. The Kier molecular flexibility index (Phi) is 6.79. The first-order valence-corrected chi connectivity index (χ1v) is 8.60. The van der Waals surface area contributed by atoms with E-state index in [2.05, 4.69) is 26.0 Å². The molecule has 21 heavy (non-hydrogen) atoms. The third-order valence-corrected chi connectivity index (χ3v) is 5.20. The molecule has 1 amide bonds. The van der Waals surface area contributed by atoms with E-state index in [0.29, 0.717) is 13.2 Å². The van der Waals surface area contributed by atoms with Gasteiger partial charge in [-0.2, -0.15) is 4.72 Å². The molecule has 1 rings (SSSR count). The van der Waals surface area contributed by atoms with Gasteiger partial charge in [-0.1, -0.05) is 15.9 Å². The minimum atomic E-state index is -3.74. The number of nitrogens with one attached hydrogen (secondary N) is 2. The van der Waals surface area contributed by atoms with Crippen LogP contribution in [-0.4, -0.2) is 40.6 Å². The summed E-state index contributed by atoms with van der Waals surface area (Å²) in [5.41, 5.74) is 0.801. The number of carbonyl (C=O) groups is 1. The van der Waals surface area contributed by atoms with E-state index in [-0.39, 0.29) is 4.90 Å². The number of ether oxygens (including phenoxy) is 1. The average Bonchev–Trinajstić information content (AvgIpc) is 2.41. The van der Waals surface area contributed by atoms with Crippen molar-refractivity contribution in [3.63, 3.8) is 0 Å². The topological polar surface area (TPSA) is 84.5 Å². The summed E-state index contributed by atoms with van der Waals surface area (Å²) in [5, 5.41) is 2.58. The van der Waals surface area contributed by atoms with Crippen molar-refractivity contribution in [2.24, 2.45) is 0 Å². The number of carbonyl (C=O) groups excluding carboxylic acids is 1. The minimum absolute atomic E-state index is 0.125. The number of hydrogen-bond donors (Lipinski definition) is 2. The van der Waals surface area contributed by atoms with Crippen molar-refractivity contribution in [1.29, 1.82) is 0 Å². The van der Waals surface area contributed by atoms with Gasteiger partial charge in [-0.3, -0.25) is 4.79 Å². The molecule has 0 saturated heterocycles. The summed E-state index contributed by atoms with van der Waals surface area (Å²) >= 11 is 3.31. The lowest BCUT2D eigenvalue weighted by Crippen LogP contribution is -2.45. The molecule has 8 heteroatoms. The Morgan fingerprint density at radius 1 is 1.43 bits per heavy atom. The molecule has 0 fully saturated rings. The molecular weight excluding hydrogens is 360 g/mol. The van der Waals surface area contributed by atoms with E-state index >= 15 is 0 Å². The van der Waals surface area contributed by atoms with Gasteiger partial charge in [0.15, 0.2) is 0 Å². The molecule has 1 atom stereocenters. The third kappa shape index (κ3) is 5.39. The number of benzene rings is 1. The summed E-state index contributed by atoms with van der Waals surface area (Å²) in [6.07, 6.45) is 0. The van der Waals surface area contributed by atoms with Crippen LogP contribution in [0.15, 0.2) is 27.6 Å². The molecule has 0 bridgehead atoms. The highest BCUT2D eigenvalue weighted by Gasteiger charge is 2.22. The number of halogens is 1. The van der Waals surface area contributed by atoms with Gasteiger partial charge in [0.05, 0.1) is 17.5 Å². The predicted molar refractivity (Wildman–Crippen MR) is 83.5 cm³/mol. The molecule has 0 radical (unpaired) electrons. The molecule has 118 valence electrons. The molecule has 2 N–H and O–H groups in total. The van der Waals surface area contributed by atoms with Crippen LogP contribution in [0.4, 0.5) is 0 Å². The zero-order valence-electron chi connectivity index (χ0n) is 12.1. The Bertz CT molecular complexity index is 604. The summed E-state index contributed by atoms with van der Waals surface area (Å²) in [7, 11) is -2.22. The summed E-state index contributed by atoms with van der Waals surface area (Å²) in [4.78, 5) is 11.9. The summed E-state index contributed by atoms with van der Waals surface area (Å²) in [6, 6.07) is 3.82. The first-order chi connectivity index (χ1) is 9.77. The molecule has 0 saturated carbocycles. The van der Waals surface area contributed by atoms with E-state index in [1.165, 1.54) is 20.1 Å². The highest BCUT2D eigenvalue weighted by atomic mass is 79.9. The predicted octanol–water partition coefficient (Wildman–Crippen LogP) is 1.19. The van der Waals surface area contributed by atoms with Gasteiger partial charge in [0.2, 0.25) is 15.9 Å². The van der Waals surface area contributed by atoms with Gasteiger partial charge in [-0.15, -0.1) is 0 Å². The van der Waals surface area contributed by atoms with Gasteiger partial charge in [-0.25, -0.2) is 8.42 Å². The van der Waals surface area contributed by atoms with Crippen LogP contribution in [0.2, 0.25) is 0 Å². The summed E-state index contributed by atoms with van der Waals surface area (Å²) in [6.45, 7) is 3.99. The highest BCUT2D eigenvalue weighted by Crippen LogP contribution is 2.20. The number of sulfonamides is 1. The number of rotatable bonds is 7. The molecular formula is C13H19BrN2O4S. The van der Waals surface area contributed by atoms with Crippen LogP contribution >= 0.6 is 15.9 Å². The SMILES string of the molecule is COCCNC(=O)C(C)NS(=O)(=O)c1ccc(Br)c(C)c1. The van der Waals surface area contributed by atoms with E-state index in [1.54, 1.807) is 19.1 Å². The average molecular weight is 379 g/mol. The molecule has 6 nitrogen and oxygen atoms in total. The maximum atomic E-state index is 12.2. The third-order valence-electron chi connectivity index (χ3n) is 2.77. The second-order valence-corrected chi connectivity index (χ2v) is 7.11. The number of methoxy groups -OCH3 is 1. The smallest absolute Gasteiger partial charge is 0.241 e. The lowest BCUT2D eigenvalue weighted by Gasteiger charge is -2.14. The lowest BCUT2D eigenvalue weighted by atomic mass is 10.2. The molecule has 1 unspecified atom stereocenters. The maximum absolute atomic E-state index is 12.2. The zero-order valence-corrected chi connectivity index (χ0v) is 14.5. The second kappa shape index (κ2) is 7.88. The fraction of sp³-hybridized carbons (Fsp3) is 0.462. The van der Waals surface area contributed by atoms with Crippen molar-refractivity contribution in [3.05, 3.63) is 28.2 Å². The number of amides is 1. The zero-order chi connectivity index (χ0) is 16.0. The molecule has 1 aromatic rings. The fourth-order valence-corrected chi connectivity index (χ4v) is 3.10. The quantitative estimate of drug-likeness (QED) is 0.697. The fourth-order valence-electron chi connectivity index (χ4n) is 1.57. The van der Waals surface area contributed by atoms with Gasteiger partial charge >= 0.3 is 0 Å². The number of aryl methyl sites for hydroxylation is 1. The van der Waals surface area contributed by atoms with E-state index in [9.17, 15) is 13.2 Å². The van der Waals surface area contributed by atoms with Gasteiger partial charge < -0.3 is 10.1 Å². The van der Waals surface area contributed by atoms with Crippen molar-refractivity contribution in [3.8, 4) is 0 Å². The van der Waals surface area contributed by atoms with Crippen LogP contribution in [0.5, 0.6) is 0 Å². The first-order valence-electron chi connectivity index (χ1n) is 6.33. The molecule has 0 aliphatic carbocycles. The largest absolute Gasteiger partial charge is 0.383 e. The van der Waals surface area contributed by atoms with Crippen molar-refractivity contribution in [1.82, 2.24) is 10.0 Å². The van der Waals surface area contributed by atoms with E-state index < -0.39 is 22.0 Å². The maximum Gasteiger partial charge on any atom is 0.241 e. The van der Waals surface area contributed by atoms with Crippen LogP contribution in [0.3, 0.4) is 0 Å². The van der Waals surface area contributed by atoms with Crippen LogP contribution in [0.25, 0.3) is 0 Å². The Morgan fingerprint density at radius 2 is 2.10 bits per heavy atom. The van der Waals surface area contributed by atoms with E-state index in [4.69, 9.17) is 4.74 Å². The summed E-state index contributed by atoms with van der Waals surface area (Å²) < 4.78 is 32.4. The van der Waals surface area contributed by atoms with Crippen molar-refractivity contribution < 1.29 is 17.9 Å². The Morgan fingerprint density at radius 3 is 2.67 bits per heavy atom. The Balaban J connectivity index is 2.75. The van der Waals surface area contributed by atoms with E-state index in [1.807, 2.05) is 0 Å². The van der Waals surface area contributed by atoms with Gasteiger partial charge in [0.1, 0.15) is 0 Å². The van der Waals surface area contributed by atoms with Gasteiger partial charge in [-0.05, 0) is 37.6 Å². The summed E-state index contributed by atoms with van der Waals surface area (Å²) in [5.74, 6) is -0.399. The molecule has 1 aromatic carbocycles. The normalized spacial score (nSPS) is 13.0. The van der Waals surface area contributed by atoms with Gasteiger partial charge in [0, 0.05) is 18.1 Å².